The van der Waals surface area contributed by atoms with Crippen LogP contribution in [0.25, 0.3) is 16.9 Å². The van der Waals surface area contributed by atoms with Crippen molar-refractivity contribution in [1.29, 1.82) is 0 Å². The Morgan fingerprint density at radius 3 is 2.62 bits per heavy atom. The van der Waals surface area contributed by atoms with E-state index in [1.54, 1.807) is 4.52 Å². The van der Waals surface area contributed by atoms with Crippen molar-refractivity contribution in [2.24, 2.45) is 5.92 Å². The summed E-state index contributed by atoms with van der Waals surface area (Å²) in [6, 6.07) is 8.61. The zero-order chi connectivity index (χ0) is 20.4. The zero-order valence-electron chi connectivity index (χ0n) is 17.0. The average Bonchev–Trinajstić information content (AvgIpc) is 3.18. The van der Waals surface area contributed by atoms with Crippen LogP contribution >= 0.6 is 0 Å². The highest BCUT2D eigenvalue weighted by Gasteiger charge is 2.24. The minimum atomic E-state index is -0.0637. The van der Waals surface area contributed by atoms with Crippen LogP contribution in [0, 0.1) is 12.8 Å². The molecule has 29 heavy (non-hydrogen) atoms. The van der Waals surface area contributed by atoms with Crippen LogP contribution in [0.15, 0.2) is 30.6 Å². The number of carbonyl (C=O) groups excluding carboxylic acids is 1. The molecule has 1 aromatic carbocycles. The first-order chi connectivity index (χ1) is 14.1. The second kappa shape index (κ2) is 8.19. The van der Waals surface area contributed by atoms with E-state index in [-0.39, 0.29) is 5.97 Å². The molecule has 0 atom stereocenters. The Morgan fingerprint density at radius 1 is 1.21 bits per heavy atom. The summed E-state index contributed by atoms with van der Waals surface area (Å²) in [7, 11) is 0. The first-order valence-electron chi connectivity index (χ1n) is 10.3. The normalized spacial score (nSPS) is 19.4. The first kappa shape index (κ1) is 19.4. The van der Waals surface area contributed by atoms with Gasteiger partial charge < -0.3 is 10.5 Å². The number of aromatic nitrogens is 4. The van der Waals surface area contributed by atoms with Gasteiger partial charge in [-0.1, -0.05) is 24.3 Å². The molecule has 0 unspecified atom stereocenters. The molecule has 2 heterocycles. The number of nitrogens with two attached hydrogens (primary N) is 1. The van der Waals surface area contributed by atoms with Gasteiger partial charge in [0.2, 0.25) is 0 Å². The third-order valence-corrected chi connectivity index (χ3v) is 5.92. The standard InChI is InChI=1S/C22H27N5O2/c1-3-29-19(28)12-15-4-6-16(7-5-15)17-8-10-18(11-9-17)20-14(2)26-22-24-13-25-27(22)21(20)23/h8-11,13,15-16H,3-7,12,23H2,1-2H3. The van der Waals surface area contributed by atoms with E-state index in [0.29, 0.717) is 36.5 Å². The number of carbonyl (C=O) groups is 1. The van der Waals surface area contributed by atoms with Crippen molar-refractivity contribution in [2.75, 3.05) is 12.3 Å². The number of nitrogens with zero attached hydrogens (tertiary/aromatic N) is 4. The number of hydrogen-bond donors (Lipinski definition) is 1. The molecule has 2 N–H and O–H groups in total. The SMILES string of the molecule is CCOC(=O)CC1CCC(c2ccc(-c3c(C)nc4ncnn4c3N)cc2)CC1. The molecule has 7 nitrogen and oxygen atoms in total. The summed E-state index contributed by atoms with van der Waals surface area (Å²) in [5.41, 5.74) is 10.4. The Bertz CT molecular complexity index is 1000. The van der Waals surface area contributed by atoms with Gasteiger partial charge in [-0.15, -0.1) is 0 Å². The molecule has 1 fully saturated rings. The van der Waals surface area contributed by atoms with E-state index in [0.717, 1.165) is 42.5 Å². The summed E-state index contributed by atoms with van der Waals surface area (Å²) in [4.78, 5) is 20.3. The number of hydrogen-bond acceptors (Lipinski definition) is 6. The fraction of sp³-hybridized carbons (Fsp3) is 0.455. The number of benzene rings is 1. The molecule has 152 valence electrons. The second-order valence-corrected chi connectivity index (χ2v) is 7.78. The monoisotopic (exact) mass is 393 g/mol. The van der Waals surface area contributed by atoms with E-state index in [9.17, 15) is 4.79 Å². The maximum atomic E-state index is 11.7. The first-order valence-corrected chi connectivity index (χ1v) is 10.3. The van der Waals surface area contributed by atoms with Crippen LogP contribution in [0.1, 0.15) is 56.2 Å². The number of anilines is 1. The summed E-state index contributed by atoms with van der Waals surface area (Å²) < 4.78 is 6.66. The minimum Gasteiger partial charge on any atom is -0.466 e. The molecule has 0 radical (unpaired) electrons. The van der Waals surface area contributed by atoms with Crippen molar-refractivity contribution in [3.63, 3.8) is 0 Å². The van der Waals surface area contributed by atoms with Crippen LogP contribution in [0.3, 0.4) is 0 Å². The molecular weight excluding hydrogens is 366 g/mol. The van der Waals surface area contributed by atoms with Gasteiger partial charge in [-0.3, -0.25) is 4.79 Å². The van der Waals surface area contributed by atoms with Crippen LogP contribution in [-0.2, 0) is 9.53 Å². The minimum absolute atomic E-state index is 0.0637. The molecule has 0 spiro atoms. The van der Waals surface area contributed by atoms with E-state index >= 15 is 0 Å². The molecule has 2 aromatic heterocycles. The summed E-state index contributed by atoms with van der Waals surface area (Å²) in [5.74, 6) is 1.99. The molecular formula is C22H27N5O2. The van der Waals surface area contributed by atoms with Crippen LogP contribution in [0.4, 0.5) is 5.82 Å². The Balaban J connectivity index is 1.46. The third-order valence-electron chi connectivity index (χ3n) is 5.92. The van der Waals surface area contributed by atoms with E-state index < -0.39 is 0 Å². The smallest absolute Gasteiger partial charge is 0.306 e. The second-order valence-electron chi connectivity index (χ2n) is 7.78. The number of fused-ring (bicyclic) bond motifs is 1. The van der Waals surface area contributed by atoms with Crippen molar-refractivity contribution in [1.82, 2.24) is 19.6 Å². The fourth-order valence-electron chi connectivity index (χ4n) is 4.41. The van der Waals surface area contributed by atoms with Crippen molar-refractivity contribution in [3.8, 4) is 11.1 Å². The quantitative estimate of drug-likeness (QED) is 0.660. The molecule has 0 amide bonds. The van der Waals surface area contributed by atoms with E-state index in [4.69, 9.17) is 10.5 Å². The summed E-state index contributed by atoms with van der Waals surface area (Å²) in [6.07, 6.45) is 6.38. The predicted molar refractivity (Wildman–Crippen MR) is 111 cm³/mol. The van der Waals surface area contributed by atoms with Crippen LogP contribution in [0.5, 0.6) is 0 Å². The lowest BCUT2D eigenvalue weighted by Crippen LogP contribution is -2.17. The highest BCUT2D eigenvalue weighted by atomic mass is 16.5. The Kier molecular flexibility index (Phi) is 5.47. The van der Waals surface area contributed by atoms with Gasteiger partial charge in [0.15, 0.2) is 0 Å². The molecule has 0 aliphatic heterocycles. The molecule has 0 saturated heterocycles. The lowest BCUT2D eigenvalue weighted by atomic mass is 9.77. The van der Waals surface area contributed by atoms with Crippen molar-refractivity contribution in [3.05, 3.63) is 41.9 Å². The highest BCUT2D eigenvalue weighted by Crippen LogP contribution is 2.38. The maximum absolute atomic E-state index is 11.7. The molecule has 0 bridgehead atoms. The number of nitrogen functional groups attached to an aromatic ring is 1. The summed E-state index contributed by atoms with van der Waals surface area (Å²) >= 11 is 0. The molecule has 1 aliphatic rings. The van der Waals surface area contributed by atoms with Gasteiger partial charge in [0.05, 0.1) is 12.3 Å². The van der Waals surface area contributed by atoms with Crippen molar-refractivity contribution >= 4 is 17.6 Å². The highest BCUT2D eigenvalue weighted by molar-refractivity contribution is 5.77. The number of ether oxygens (including phenoxy) is 1. The average molecular weight is 393 g/mol. The van der Waals surface area contributed by atoms with E-state index in [1.807, 2.05) is 13.8 Å². The summed E-state index contributed by atoms with van der Waals surface area (Å²) in [5, 5.41) is 4.16. The Hall–Kier alpha value is -2.96. The van der Waals surface area contributed by atoms with Crippen LogP contribution < -0.4 is 5.73 Å². The maximum Gasteiger partial charge on any atom is 0.306 e. The molecule has 7 heteroatoms. The van der Waals surface area contributed by atoms with Gasteiger partial charge in [0.1, 0.15) is 12.1 Å². The zero-order valence-corrected chi connectivity index (χ0v) is 17.0. The largest absolute Gasteiger partial charge is 0.466 e. The van der Waals surface area contributed by atoms with E-state index in [2.05, 4.69) is 39.3 Å². The number of aryl methyl sites for hydroxylation is 1. The number of rotatable bonds is 5. The van der Waals surface area contributed by atoms with Crippen LogP contribution in [-0.4, -0.2) is 32.2 Å². The lowest BCUT2D eigenvalue weighted by Gasteiger charge is -2.28. The van der Waals surface area contributed by atoms with E-state index in [1.165, 1.54) is 11.9 Å². The van der Waals surface area contributed by atoms with Crippen LogP contribution in [0.2, 0.25) is 0 Å². The van der Waals surface area contributed by atoms with Gasteiger partial charge in [0, 0.05) is 12.0 Å². The molecule has 1 saturated carbocycles. The van der Waals surface area contributed by atoms with Gasteiger partial charge in [0.25, 0.3) is 5.78 Å². The van der Waals surface area contributed by atoms with Gasteiger partial charge >= 0.3 is 5.97 Å². The van der Waals surface area contributed by atoms with Gasteiger partial charge in [-0.05, 0) is 62.5 Å². The van der Waals surface area contributed by atoms with Crippen molar-refractivity contribution < 1.29 is 9.53 Å². The molecule has 3 aromatic rings. The molecule has 1 aliphatic carbocycles. The lowest BCUT2D eigenvalue weighted by molar-refractivity contribution is -0.144. The topological polar surface area (TPSA) is 95.4 Å². The van der Waals surface area contributed by atoms with Crippen molar-refractivity contribution in [2.45, 2.75) is 51.9 Å². The number of esters is 1. The van der Waals surface area contributed by atoms with Gasteiger partial charge in [-0.25, -0.2) is 4.98 Å². The Morgan fingerprint density at radius 2 is 1.93 bits per heavy atom. The Labute approximate surface area is 170 Å². The third kappa shape index (κ3) is 3.95. The molecule has 4 rings (SSSR count). The summed E-state index contributed by atoms with van der Waals surface area (Å²) in [6.45, 7) is 4.26. The predicted octanol–water partition coefficient (Wildman–Crippen LogP) is 3.91. The fourth-order valence-corrected chi connectivity index (χ4v) is 4.41. The van der Waals surface area contributed by atoms with Gasteiger partial charge in [-0.2, -0.15) is 14.6 Å².